The lowest BCUT2D eigenvalue weighted by Crippen LogP contribution is -2.07. The largest absolute Gasteiger partial charge is 0.300 e. The van der Waals surface area contributed by atoms with Gasteiger partial charge in [-0.25, -0.2) is 0 Å². The topological polar surface area (TPSA) is 34.1 Å². The van der Waals surface area contributed by atoms with E-state index in [0.29, 0.717) is 12.2 Å². The molecule has 0 aromatic rings. The summed E-state index contributed by atoms with van der Waals surface area (Å²) in [5, 5.41) is 0. The minimum atomic E-state index is 0.244. The van der Waals surface area contributed by atoms with Crippen molar-refractivity contribution in [3.63, 3.8) is 0 Å². The van der Waals surface area contributed by atoms with Gasteiger partial charge in [-0.15, -0.1) is 0 Å². The monoisotopic (exact) mass is 194 g/mol. The molecule has 0 bridgehead atoms. The van der Waals surface area contributed by atoms with E-state index in [0.717, 1.165) is 44.1 Å². The van der Waals surface area contributed by atoms with Gasteiger partial charge in [-0.3, -0.25) is 4.79 Å². The molecule has 0 saturated heterocycles. The van der Waals surface area contributed by atoms with Crippen molar-refractivity contribution in [2.45, 2.75) is 51.9 Å². The second-order valence-electron chi connectivity index (χ2n) is 3.95. The lowest BCUT2D eigenvalue weighted by atomic mass is 9.94. The van der Waals surface area contributed by atoms with Crippen LogP contribution in [0.1, 0.15) is 51.9 Å². The predicted octanol–water partition coefficient (Wildman–Crippen LogP) is 2.82. The smallest absolute Gasteiger partial charge is 0.158 e. The predicted molar refractivity (Wildman–Crippen MR) is 56.1 cm³/mol. The van der Waals surface area contributed by atoms with Crippen LogP contribution in [-0.4, -0.2) is 11.6 Å². The number of hydrogen-bond acceptors (Lipinski definition) is 2. The minimum Gasteiger partial charge on any atom is -0.300 e. The lowest BCUT2D eigenvalue weighted by molar-refractivity contribution is -0.117. The lowest BCUT2D eigenvalue weighted by Gasteiger charge is -2.10. The van der Waals surface area contributed by atoms with E-state index in [-0.39, 0.29) is 5.78 Å². The van der Waals surface area contributed by atoms with E-state index in [1.165, 1.54) is 0 Å². The summed E-state index contributed by atoms with van der Waals surface area (Å²) < 4.78 is 0. The molecule has 0 fully saturated rings. The molecule has 1 aliphatic rings. The highest BCUT2D eigenvalue weighted by molar-refractivity contribution is 5.95. The van der Waals surface area contributed by atoms with Crippen LogP contribution in [0, 0.1) is 0 Å². The molecule has 0 radical (unpaired) electrons. The van der Waals surface area contributed by atoms with Gasteiger partial charge in [-0.1, -0.05) is 6.08 Å². The molecule has 2 heteroatoms. The summed E-state index contributed by atoms with van der Waals surface area (Å²) in [6, 6.07) is 0. The molecule has 0 heterocycles. The second kappa shape index (κ2) is 5.74. The zero-order valence-electron chi connectivity index (χ0n) is 8.84. The third kappa shape index (κ3) is 3.86. The van der Waals surface area contributed by atoms with Gasteiger partial charge in [0, 0.05) is 12.8 Å². The highest BCUT2D eigenvalue weighted by Crippen LogP contribution is 2.19. The van der Waals surface area contributed by atoms with Gasteiger partial charge >= 0.3 is 0 Å². The third-order valence-corrected chi connectivity index (χ3v) is 2.58. The molecule has 0 amide bonds. The van der Waals surface area contributed by atoms with Crippen molar-refractivity contribution in [1.29, 1.82) is 0 Å². The maximum absolute atomic E-state index is 11.4. The zero-order valence-corrected chi connectivity index (χ0v) is 8.84. The molecule has 0 saturated carbocycles. The van der Waals surface area contributed by atoms with Gasteiger partial charge in [0.2, 0.25) is 0 Å². The Morgan fingerprint density at radius 1 is 1.43 bits per heavy atom. The Kier molecular flexibility index (Phi) is 4.57. The number of hydrogen-bond donors (Lipinski definition) is 0. The van der Waals surface area contributed by atoms with Crippen LogP contribution in [0.4, 0.5) is 0 Å². The van der Waals surface area contributed by atoms with E-state index in [1.54, 1.807) is 6.92 Å². The van der Waals surface area contributed by atoms with Gasteiger partial charge in [-0.2, -0.15) is 0 Å². The van der Waals surface area contributed by atoms with Gasteiger partial charge in [0.25, 0.3) is 0 Å². The summed E-state index contributed by atoms with van der Waals surface area (Å²) in [6.45, 7) is 1.62. The average molecular weight is 194 g/mol. The SMILES string of the molecule is CC(=O)CCCCC1=CCCCC1=O. The first-order chi connectivity index (χ1) is 6.70. The van der Waals surface area contributed by atoms with Gasteiger partial charge in [0.1, 0.15) is 5.78 Å². The number of allylic oxidation sites excluding steroid dienone is 2. The fourth-order valence-electron chi connectivity index (χ4n) is 1.74. The Morgan fingerprint density at radius 3 is 2.86 bits per heavy atom. The number of carbonyl (C=O) groups is 2. The summed E-state index contributed by atoms with van der Waals surface area (Å²) >= 11 is 0. The molecule has 0 unspecified atom stereocenters. The van der Waals surface area contributed by atoms with Crippen molar-refractivity contribution in [3.8, 4) is 0 Å². The van der Waals surface area contributed by atoms with Crippen LogP contribution in [0.3, 0.4) is 0 Å². The molecule has 14 heavy (non-hydrogen) atoms. The molecule has 0 aromatic carbocycles. The van der Waals surface area contributed by atoms with E-state index in [4.69, 9.17) is 0 Å². The highest BCUT2D eigenvalue weighted by Gasteiger charge is 2.12. The van der Waals surface area contributed by atoms with Gasteiger partial charge in [0.05, 0.1) is 0 Å². The number of carbonyl (C=O) groups excluding carboxylic acids is 2. The van der Waals surface area contributed by atoms with Crippen LogP contribution >= 0.6 is 0 Å². The third-order valence-electron chi connectivity index (χ3n) is 2.58. The number of unbranched alkanes of at least 4 members (excludes halogenated alkanes) is 1. The van der Waals surface area contributed by atoms with Gasteiger partial charge in [-0.05, 0) is 44.6 Å². The first-order valence-corrected chi connectivity index (χ1v) is 5.42. The van der Waals surface area contributed by atoms with Crippen LogP contribution < -0.4 is 0 Å². The second-order valence-corrected chi connectivity index (χ2v) is 3.95. The van der Waals surface area contributed by atoms with Crippen molar-refractivity contribution in [2.75, 3.05) is 0 Å². The first kappa shape index (κ1) is 11.2. The number of Topliss-reactive ketones (excluding diaryl/α,β-unsaturated/α-hetero) is 2. The molecule has 0 atom stereocenters. The highest BCUT2D eigenvalue weighted by atomic mass is 16.1. The Labute approximate surface area is 85.4 Å². The average Bonchev–Trinajstić information content (AvgIpc) is 2.15. The van der Waals surface area contributed by atoms with Crippen molar-refractivity contribution in [3.05, 3.63) is 11.6 Å². The summed E-state index contributed by atoms with van der Waals surface area (Å²) in [7, 11) is 0. The van der Waals surface area contributed by atoms with E-state index in [1.807, 2.05) is 0 Å². The van der Waals surface area contributed by atoms with Gasteiger partial charge < -0.3 is 4.79 Å². The van der Waals surface area contributed by atoms with Crippen molar-refractivity contribution < 1.29 is 9.59 Å². The van der Waals surface area contributed by atoms with E-state index in [9.17, 15) is 9.59 Å². The van der Waals surface area contributed by atoms with Gasteiger partial charge in [0.15, 0.2) is 5.78 Å². The van der Waals surface area contributed by atoms with Crippen LogP contribution in [-0.2, 0) is 9.59 Å². The summed E-state index contributed by atoms with van der Waals surface area (Å²) in [5.74, 6) is 0.563. The Morgan fingerprint density at radius 2 is 2.21 bits per heavy atom. The summed E-state index contributed by atoms with van der Waals surface area (Å²) in [4.78, 5) is 22.1. The number of rotatable bonds is 5. The molecule has 1 rings (SSSR count). The molecule has 2 nitrogen and oxygen atoms in total. The standard InChI is InChI=1S/C12H18O2/c1-10(13)6-2-3-7-11-8-4-5-9-12(11)14/h8H,2-7,9H2,1H3. The van der Waals surface area contributed by atoms with E-state index in [2.05, 4.69) is 6.08 Å². The van der Waals surface area contributed by atoms with Crippen LogP contribution in [0.2, 0.25) is 0 Å². The first-order valence-electron chi connectivity index (χ1n) is 5.42. The Bertz CT molecular complexity index is 251. The maximum Gasteiger partial charge on any atom is 0.158 e. The normalized spacial score (nSPS) is 16.6. The molecule has 0 aromatic heterocycles. The minimum absolute atomic E-state index is 0.244. The van der Waals surface area contributed by atoms with E-state index < -0.39 is 0 Å². The molecule has 0 N–H and O–H groups in total. The quantitative estimate of drug-likeness (QED) is 0.631. The maximum atomic E-state index is 11.4. The van der Waals surface area contributed by atoms with Crippen molar-refractivity contribution in [2.24, 2.45) is 0 Å². The fraction of sp³-hybridized carbons (Fsp3) is 0.667. The van der Waals surface area contributed by atoms with E-state index >= 15 is 0 Å². The zero-order chi connectivity index (χ0) is 10.4. The Hall–Kier alpha value is -0.920. The molecule has 0 spiro atoms. The summed E-state index contributed by atoms with van der Waals surface area (Å²) in [5.41, 5.74) is 1.000. The molecular formula is C12H18O2. The summed E-state index contributed by atoms with van der Waals surface area (Å²) in [6.07, 6.45) is 8.26. The van der Waals surface area contributed by atoms with Crippen molar-refractivity contribution >= 4 is 11.6 Å². The fourth-order valence-corrected chi connectivity index (χ4v) is 1.74. The molecule has 78 valence electrons. The number of ketones is 2. The molecule has 0 aliphatic heterocycles. The Balaban J connectivity index is 2.20. The van der Waals surface area contributed by atoms with Crippen molar-refractivity contribution in [1.82, 2.24) is 0 Å². The molecule has 1 aliphatic carbocycles. The van der Waals surface area contributed by atoms with Crippen LogP contribution in [0.5, 0.6) is 0 Å². The van der Waals surface area contributed by atoms with Crippen LogP contribution in [0.15, 0.2) is 11.6 Å². The van der Waals surface area contributed by atoms with Crippen LogP contribution in [0.25, 0.3) is 0 Å². The molecular weight excluding hydrogens is 176 g/mol.